The number of aliphatic carboxylic acids is 3. The van der Waals surface area contributed by atoms with E-state index in [2.05, 4.69) is 5.32 Å². The quantitative estimate of drug-likeness (QED) is 0.270. The summed E-state index contributed by atoms with van der Waals surface area (Å²) in [5.74, 6) is -3.81. The summed E-state index contributed by atoms with van der Waals surface area (Å²) in [6.45, 7) is 1.59. The molecule has 2 atom stereocenters. The van der Waals surface area contributed by atoms with Gasteiger partial charge in [-0.1, -0.05) is 6.42 Å². The molecule has 0 aliphatic carbocycles. The number of rotatable bonds is 10. The first-order valence-corrected chi connectivity index (χ1v) is 7.01. The van der Waals surface area contributed by atoms with E-state index in [9.17, 15) is 14.4 Å². The third-order valence-electron chi connectivity index (χ3n) is 2.57. The van der Waals surface area contributed by atoms with Crippen molar-refractivity contribution in [2.45, 2.75) is 51.1 Å². The molecule has 0 aromatic carbocycles. The maximum absolute atomic E-state index is 11.6. The minimum atomic E-state index is -1.27. The van der Waals surface area contributed by atoms with Crippen LogP contribution < -0.4 is 16.8 Å². The zero-order valence-electron chi connectivity index (χ0n) is 13.0. The van der Waals surface area contributed by atoms with Crippen LogP contribution in [0.2, 0.25) is 0 Å². The molecule has 134 valence electrons. The molecule has 0 spiro atoms. The summed E-state index contributed by atoms with van der Waals surface area (Å²) in [5.41, 5.74) is 10.9. The number of nitrogens with two attached hydrogens (primary N) is 2. The van der Waals surface area contributed by atoms with Gasteiger partial charge in [0.25, 0.3) is 5.97 Å². The standard InChI is InChI=1S/C11H21N3O5.C2H4O2/c12-6-2-1-3-7(13)10(17)14-8(11(18)19)4-5-9(15)16;1-2(3)4/h7-8H,1-6,12-13H2,(H,14,17)(H,15,16)(H,18,19);1H3,(H,3,4)/t7-,8-;/m0./s1. The average Bonchev–Trinajstić information content (AvgIpc) is 2.42. The predicted molar refractivity (Wildman–Crippen MR) is 80.6 cm³/mol. The highest BCUT2D eigenvalue weighted by molar-refractivity contribution is 5.87. The zero-order chi connectivity index (χ0) is 18.4. The van der Waals surface area contributed by atoms with Crippen molar-refractivity contribution in [1.82, 2.24) is 5.32 Å². The molecular weight excluding hydrogens is 310 g/mol. The Morgan fingerprint density at radius 3 is 1.96 bits per heavy atom. The Kier molecular flexibility index (Phi) is 13.5. The Bertz CT molecular complexity index is 397. The molecule has 0 fully saturated rings. The number of carboxylic acids is 3. The van der Waals surface area contributed by atoms with Gasteiger partial charge < -0.3 is 32.1 Å². The second-order valence-corrected chi connectivity index (χ2v) is 4.74. The van der Waals surface area contributed by atoms with Gasteiger partial charge >= 0.3 is 11.9 Å². The molecule has 0 aromatic rings. The number of carboxylic acid groups (broad SMARTS) is 3. The number of amides is 1. The van der Waals surface area contributed by atoms with Gasteiger partial charge in [0.05, 0.1) is 6.04 Å². The summed E-state index contributed by atoms with van der Waals surface area (Å²) >= 11 is 0. The number of carbonyl (C=O) groups is 4. The fraction of sp³-hybridized carbons (Fsp3) is 0.692. The molecule has 0 aliphatic heterocycles. The summed E-state index contributed by atoms with van der Waals surface area (Å²) < 4.78 is 0. The largest absolute Gasteiger partial charge is 0.481 e. The van der Waals surface area contributed by atoms with Crippen LogP contribution in [0, 0.1) is 0 Å². The van der Waals surface area contributed by atoms with Crippen LogP contribution in [0.3, 0.4) is 0 Å². The Morgan fingerprint density at radius 1 is 1.04 bits per heavy atom. The molecule has 0 saturated carbocycles. The van der Waals surface area contributed by atoms with Gasteiger partial charge in [0, 0.05) is 13.3 Å². The highest BCUT2D eigenvalue weighted by atomic mass is 16.4. The summed E-state index contributed by atoms with van der Waals surface area (Å²) in [7, 11) is 0. The molecule has 0 saturated heterocycles. The number of hydrogen-bond donors (Lipinski definition) is 6. The first-order valence-electron chi connectivity index (χ1n) is 7.01. The molecule has 1 amide bonds. The van der Waals surface area contributed by atoms with E-state index >= 15 is 0 Å². The Morgan fingerprint density at radius 2 is 1.57 bits per heavy atom. The second-order valence-electron chi connectivity index (χ2n) is 4.74. The fourth-order valence-electron chi connectivity index (χ4n) is 1.44. The summed E-state index contributed by atoms with van der Waals surface area (Å²) in [6.07, 6.45) is 1.32. The molecule has 8 N–H and O–H groups in total. The average molecular weight is 335 g/mol. The lowest BCUT2D eigenvalue weighted by atomic mass is 10.1. The normalized spacial score (nSPS) is 12.3. The van der Waals surface area contributed by atoms with Crippen molar-refractivity contribution in [1.29, 1.82) is 0 Å². The van der Waals surface area contributed by atoms with E-state index in [1.807, 2.05) is 0 Å². The number of unbranched alkanes of at least 4 members (excludes halogenated alkanes) is 1. The van der Waals surface area contributed by atoms with Crippen molar-refractivity contribution in [2.75, 3.05) is 6.54 Å². The van der Waals surface area contributed by atoms with E-state index in [0.29, 0.717) is 19.4 Å². The van der Waals surface area contributed by atoms with Gasteiger partial charge in [-0.05, 0) is 25.8 Å². The molecule has 0 bridgehead atoms. The molecular formula is C13H25N3O7. The van der Waals surface area contributed by atoms with Gasteiger partial charge in [-0.3, -0.25) is 14.4 Å². The monoisotopic (exact) mass is 335 g/mol. The predicted octanol–water partition coefficient (Wildman–Crippen LogP) is -1.03. The lowest BCUT2D eigenvalue weighted by Crippen LogP contribution is -2.48. The van der Waals surface area contributed by atoms with E-state index in [0.717, 1.165) is 13.3 Å². The maximum Gasteiger partial charge on any atom is 0.326 e. The van der Waals surface area contributed by atoms with E-state index in [4.69, 9.17) is 31.6 Å². The lowest BCUT2D eigenvalue weighted by Gasteiger charge is -2.17. The third-order valence-corrected chi connectivity index (χ3v) is 2.57. The second kappa shape index (κ2) is 13.5. The van der Waals surface area contributed by atoms with Crippen molar-refractivity contribution in [3.63, 3.8) is 0 Å². The topological polar surface area (TPSA) is 193 Å². The van der Waals surface area contributed by atoms with Crippen LogP contribution >= 0.6 is 0 Å². The first-order chi connectivity index (χ1) is 10.6. The fourth-order valence-corrected chi connectivity index (χ4v) is 1.44. The molecule has 0 aromatic heterocycles. The van der Waals surface area contributed by atoms with Crippen LogP contribution in [0.4, 0.5) is 0 Å². The highest BCUT2D eigenvalue weighted by Crippen LogP contribution is 2.02. The Labute approximate surface area is 133 Å². The minimum Gasteiger partial charge on any atom is -0.481 e. The van der Waals surface area contributed by atoms with E-state index in [-0.39, 0.29) is 12.8 Å². The molecule has 23 heavy (non-hydrogen) atoms. The van der Waals surface area contributed by atoms with Gasteiger partial charge in [-0.2, -0.15) is 0 Å². The smallest absolute Gasteiger partial charge is 0.326 e. The van der Waals surface area contributed by atoms with Crippen LogP contribution in [-0.2, 0) is 19.2 Å². The van der Waals surface area contributed by atoms with E-state index < -0.39 is 35.9 Å². The van der Waals surface area contributed by atoms with Gasteiger partial charge in [0.1, 0.15) is 6.04 Å². The van der Waals surface area contributed by atoms with Gasteiger partial charge in [-0.15, -0.1) is 0 Å². The van der Waals surface area contributed by atoms with Crippen molar-refractivity contribution >= 4 is 23.8 Å². The Hall–Kier alpha value is -2.20. The lowest BCUT2D eigenvalue weighted by molar-refractivity contribution is -0.143. The van der Waals surface area contributed by atoms with Crippen LogP contribution in [0.15, 0.2) is 0 Å². The highest BCUT2D eigenvalue weighted by Gasteiger charge is 2.23. The SMILES string of the molecule is CC(=O)O.NCCCC[C@H](N)C(=O)N[C@@H](CCC(=O)O)C(=O)O. The summed E-state index contributed by atoms with van der Waals surface area (Å²) in [4.78, 5) is 41.9. The molecule has 10 nitrogen and oxygen atoms in total. The van der Waals surface area contributed by atoms with Gasteiger partial charge in [0.2, 0.25) is 5.91 Å². The van der Waals surface area contributed by atoms with E-state index in [1.165, 1.54) is 0 Å². The molecule has 0 rings (SSSR count). The molecule has 10 heteroatoms. The summed E-state index contributed by atoms with van der Waals surface area (Å²) in [5, 5.41) is 27.0. The van der Waals surface area contributed by atoms with Crippen LogP contribution in [0.1, 0.15) is 39.0 Å². The van der Waals surface area contributed by atoms with Crippen molar-refractivity contribution < 1.29 is 34.5 Å². The first kappa shape index (κ1) is 23.1. The Balaban J connectivity index is 0. The van der Waals surface area contributed by atoms with Gasteiger partial charge in [-0.25, -0.2) is 4.79 Å². The van der Waals surface area contributed by atoms with Crippen LogP contribution in [0.5, 0.6) is 0 Å². The third kappa shape index (κ3) is 16.0. The van der Waals surface area contributed by atoms with Crippen LogP contribution in [0.25, 0.3) is 0 Å². The number of carbonyl (C=O) groups excluding carboxylic acids is 1. The summed E-state index contributed by atoms with van der Waals surface area (Å²) in [6, 6.07) is -2.04. The maximum atomic E-state index is 11.6. The van der Waals surface area contributed by atoms with Crippen molar-refractivity contribution in [2.24, 2.45) is 11.5 Å². The zero-order valence-corrected chi connectivity index (χ0v) is 13.0. The molecule has 0 heterocycles. The molecule has 0 aliphatic rings. The molecule has 0 unspecified atom stereocenters. The van der Waals surface area contributed by atoms with Gasteiger partial charge in [0.15, 0.2) is 0 Å². The number of nitrogens with one attached hydrogen (secondary N) is 1. The van der Waals surface area contributed by atoms with Crippen LogP contribution in [-0.4, -0.2) is 57.8 Å². The van der Waals surface area contributed by atoms with E-state index in [1.54, 1.807) is 0 Å². The minimum absolute atomic E-state index is 0.175. The van der Waals surface area contributed by atoms with Crippen molar-refractivity contribution in [3.8, 4) is 0 Å². The molecule has 0 radical (unpaired) electrons. The number of hydrogen-bond acceptors (Lipinski definition) is 6. The van der Waals surface area contributed by atoms with Crippen molar-refractivity contribution in [3.05, 3.63) is 0 Å².